The number of aliphatic hydroxyl groups excluding tert-OH is 1. The smallest absolute Gasteiger partial charge is 0.171 e. The van der Waals surface area contributed by atoms with Gasteiger partial charge in [-0.05, 0) is 31.7 Å². The van der Waals surface area contributed by atoms with E-state index in [-0.39, 0.29) is 0 Å². The highest BCUT2D eigenvalue weighted by Gasteiger charge is 2.03. The van der Waals surface area contributed by atoms with Crippen molar-refractivity contribution in [2.45, 2.75) is 110 Å². The van der Waals surface area contributed by atoms with Crippen LogP contribution in [0.4, 0.5) is 0 Å². The van der Waals surface area contributed by atoms with Crippen molar-refractivity contribution >= 4 is 0 Å². The van der Waals surface area contributed by atoms with Gasteiger partial charge in [0.15, 0.2) is 12.4 Å². The molecular weight excluding hydrogens is 306 g/mol. The lowest BCUT2D eigenvalue weighted by atomic mass is 10.1. The van der Waals surface area contributed by atoms with Gasteiger partial charge in [-0.1, -0.05) is 71.1 Å². The summed E-state index contributed by atoms with van der Waals surface area (Å²) in [5, 5.41) is 8.74. The minimum Gasteiger partial charge on any atom is -0.396 e. The molecule has 0 aliphatic carbocycles. The molecule has 2 nitrogen and oxygen atoms in total. The highest BCUT2D eigenvalue weighted by molar-refractivity contribution is 5.05. The van der Waals surface area contributed by atoms with E-state index in [1.807, 2.05) is 0 Å². The molecule has 1 rings (SSSR count). The molecule has 0 spiro atoms. The van der Waals surface area contributed by atoms with E-state index in [9.17, 15) is 0 Å². The largest absolute Gasteiger partial charge is 0.396 e. The number of rotatable bonds is 17. The molecule has 0 aromatic carbocycles. The average Bonchev–Trinajstić information content (AvgIpc) is 2.64. The molecule has 144 valence electrons. The van der Waals surface area contributed by atoms with Crippen LogP contribution in [0.3, 0.4) is 0 Å². The molecule has 0 radical (unpaired) electrons. The van der Waals surface area contributed by atoms with Gasteiger partial charge >= 0.3 is 0 Å². The summed E-state index contributed by atoms with van der Waals surface area (Å²) in [6, 6.07) is 4.49. The predicted molar refractivity (Wildman–Crippen MR) is 108 cm³/mol. The van der Waals surface area contributed by atoms with Crippen LogP contribution < -0.4 is 4.57 Å². The van der Waals surface area contributed by atoms with Gasteiger partial charge < -0.3 is 5.11 Å². The van der Waals surface area contributed by atoms with Gasteiger partial charge in [-0.15, -0.1) is 0 Å². The third kappa shape index (κ3) is 13.0. The Morgan fingerprint density at radius 3 is 2.00 bits per heavy atom. The molecule has 0 unspecified atom stereocenters. The first kappa shape index (κ1) is 22.2. The van der Waals surface area contributed by atoms with Crippen LogP contribution in [0, 0.1) is 0 Å². The molecule has 0 aliphatic rings. The Kier molecular flexibility index (Phi) is 14.7. The van der Waals surface area contributed by atoms with E-state index in [4.69, 9.17) is 5.11 Å². The highest BCUT2D eigenvalue weighted by atomic mass is 16.2. The number of hydrogen-bond donors (Lipinski definition) is 1. The van der Waals surface area contributed by atoms with Crippen molar-refractivity contribution in [3.63, 3.8) is 0 Å². The monoisotopic (exact) mass is 348 g/mol. The van der Waals surface area contributed by atoms with Gasteiger partial charge in [-0.3, -0.25) is 0 Å². The highest BCUT2D eigenvalue weighted by Crippen LogP contribution is 2.10. The molecule has 0 saturated carbocycles. The fourth-order valence-electron chi connectivity index (χ4n) is 3.44. The lowest BCUT2D eigenvalue weighted by Crippen LogP contribution is -2.33. The van der Waals surface area contributed by atoms with Crippen LogP contribution >= 0.6 is 0 Å². The van der Waals surface area contributed by atoms with E-state index in [1.54, 1.807) is 0 Å². The Labute approximate surface area is 156 Å². The Hall–Kier alpha value is -0.890. The number of aromatic nitrogens is 1. The number of aryl methyl sites for hydroxylation is 2. The summed E-state index contributed by atoms with van der Waals surface area (Å²) in [4.78, 5) is 0. The zero-order valence-electron chi connectivity index (χ0n) is 16.7. The van der Waals surface area contributed by atoms with Gasteiger partial charge in [0.2, 0.25) is 0 Å². The van der Waals surface area contributed by atoms with E-state index in [1.165, 1.54) is 102 Å². The fourth-order valence-corrected chi connectivity index (χ4v) is 3.44. The van der Waals surface area contributed by atoms with Gasteiger partial charge in [-0.25, -0.2) is 4.57 Å². The maximum atomic E-state index is 8.74. The molecule has 0 bridgehead atoms. The first-order valence-corrected chi connectivity index (χ1v) is 11.0. The predicted octanol–water partition coefficient (Wildman–Crippen LogP) is 5.99. The third-order valence-electron chi connectivity index (χ3n) is 5.06. The van der Waals surface area contributed by atoms with Gasteiger partial charge in [0.1, 0.15) is 6.54 Å². The van der Waals surface area contributed by atoms with Crippen LogP contribution in [0.25, 0.3) is 0 Å². The maximum absolute atomic E-state index is 8.74. The Morgan fingerprint density at radius 2 is 1.36 bits per heavy atom. The van der Waals surface area contributed by atoms with Crippen LogP contribution in [0.5, 0.6) is 0 Å². The molecule has 1 aromatic heterocycles. The van der Waals surface area contributed by atoms with Crippen LogP contribution in [-0.4, -0.2) is 11.7 Å². The van der Waals surface area contributed by atoms with Crippen LogP contribution in [0.1, 0.15) is 102 Å². The average molecular weight is 349 g/mol. The molecule has 1 heterocycles. The van der Waals surface area contributed by atoms with Crippen LogP contribution in [0.15, 0.2) is 24.5 Å². The minimum atomic E-state index is 0.361. The lowest BCUT2D eigenvalue weighted by molar-refractivity contribution is -0.697. The first-order valence-electron chi connectivity index (χ1n) is 11.0. The SMILES string of the molecule is CCCCCCc1ccc[n+](CCCCCCCCCCCCO)c1. The number of unbranched alkanes of at least 4 members (excludes halogenated alkanes) is 12. The summed E-state index contributed by atoms with van der Waals surface area (Å²) < 4.78 is 2.39. The maximum Gasteiger partial charge on any atom is 0.171 e. The summed E-state index contributed by atoms with van der Waals surface area (Å²) in [6.07, 6.45) is 24.2. The van der Waals surface area contributed by atoms with Crippen molar-refractivity contribution in [3.8, 4) is 0 Å². The second-order valence-corrected chi connectivity index (χ2v) is 7.52. The van der Waals surface area contributed by atoms with Crippen molar-refractivity contribution in [1.82, 2.24) is 0 Å². The van der Waals surface area contributed by atoms with Gasteiger partial charge in [0.05, 0.1) is 0 Å². The van der Waals surface area contributed by atoms with Crippen molar-refractivity contribution in [3.05, 3.63) is 30.1 Å². The first-order chi connectivity index (χ1) is 12.4. The molecule has 0 saturated heterocycles. The normalized spacial score (nSPS) is 11.1. The standard InChI is InChI=1S/C23H42NO/c1-2-3-4-13-17-23-18-16-20-24(22-23)19-14-11-9-7-5-6-8-10-12-15-21-25/h16,18,20,22,25H,2-15,17,19,21H2,1H3/q+1. The summed E-state index contributed by atoms with van der Waals surface area (Å²) in [6.45, 7) is 3.81. The zero-order valence-corrected chi connectivity index (χ0v) is 16.7. The number of aliphatic hydroxyl groups is 1. The summed E-state index contributed by atoms with van der Waals surface area (Å²) in [7, 11) is 0. The third-order valence-corrected chi connectivity index (χ3v) is 5.06. The number of hydrogen-bond acceptors (Lipinski definition) is 1. The van der Waals surface area contributed by atoms with Crippen LogP contribution in [0.2, 0.25) is 0 Å². The van der Waals surface area contributed by atoms with E-state index < -0.39 is 0 Å². The summed E-state index contributed by atoms with van der Waals surface area (Å²) in [5.41, 5.74) is 1.50. The van der Waals surface area contributed by atoms with E-state index in [2.05, 4.69) is 36.0 Å². The van der Waals surface area contributed by atoms with E-state index >= 15 is 0 Å². The Bertz CT molecular complexity index is 405. The van der Waals surface area contributed by atoms with Crippen molar-refractivity contribution < 1.29 is 9.67 Å². The second kappa shape index (κ2) is 16.6. The minimum absolute atomic E-state index is 0.361. The van der Waals surface area contributed by atoms with Gasteiger partial charge in [0, 0.05) is 24.7 Å². The molecule has 0 aliphatic heterocycles. The topological polar surface area (TPSA) is 24.1 Å². The van der Waals surface area contributed by atoms with Crippen LogP contribution in [-0.2, 0) is 13.0 Å². The molecule has 25 heavy (non-hydrogen) atoms. The van der Waals surface area contributed by atoms with Gasteiger partial charge in [-0.2, -0.15) is 0 Å². The van der Waals surface area contributed by atoms with Gasteiger partial charge in [0.25, 0.3) is 0 Å². The molecule has 0 atom stereocenters. The van der Waals surface area contributed by atoms with E-state index in [0.29, 0.717) is 6.61 Å². The molecule has 1 aromatic rings. The van der Waals surface area contributed by atoms with Crippen molar-refractivity contribution in [2.24, 2.45) is 0 Å². The quantitative estimate of drug-likeness (QED) is 0.271. The molecule has 0 amide bonds. The fraction of sp³-hybridized carbons (Fsp3) is 0.783. The second-order valence-electron chi connectivity index (χ2n) is 7.52. The Balaban J connectivity index is 1.99. The van der Waals surface area contributed by atoms with E-state index in [0.717, 1.165) is 6.42 Å². The Morgan fingerprint density at radius 1 is 0.760 bits per heavy atom. The molecule has 2 heteroatoms. The summed E-state index contributed by atoms with van der Waals surface area (Å²) in [5.74, 6) is 0. The molecule has 0 fully saturated rings. The zero-order chi connectivity index (χ0) is 18.0. The van der Waals surface area contributed by atoms with Crippen molar-refractivity contribution in [1.29, 1.82) is 0 Å². The number of pyridine rings is 1. The molecule has 1 N–H and O–H groups in total. The summed E-state index contributed by atoms with van der Waals surface area (Å²) >= 11 is 0. The molecular formula is C23H42NO+. The number of nitrogens with zero attached hydrogens (tertiary/aromatic N) is 1. The van der Waals surface area contributed by atoms with Crippen molar-refractivity contribution in [2.75, 3.05) is 6.61 Å². The lowest BCUT2D eigenvalue weighted by Gasteiger charge is -2.03.